The number of furan rings is 2. The van der Waals surface area contributed by atoms with E-state index in [-0.39, 0.29) is 46.3 Å². The van der Waals surface area contributed by atoms with Gasteiger partial charge < -0.3 is 18.1 Å². The molecule has 0 amide bonds. The van der Waals surface area contributed by atoms with Crippen molar-refractivity contribution in [1.82, 2.24) is 0 Å². The summed E-state index contributed by atoms with van der Waals surface area (Å²) < 4.78 is 154. The summed E-state index contributed by atoms with van der Waals surface area (Å²) in [6.07, 6.45) is -8.80. The zero-order valence-corrected chi connectivity index (χ0v) is 31.3. The second kappa shape index (κ2) is 15.8. The van der Waals surface area contributed by atoms with Crippen molar-refractivity contribution in [3.63, 3.8) is 0 Å². The van der Waals surface area contributed by atoms with E-state index in [1.165, 1.54) is 43.3 Å². The molecule has 17 heteroatoms. The highest BCUT2D eigenvalue weighted by Gasteiger charge is 2.49. The zero-order chi connectivity index (χ0) is 43.1. The van der Waals surface area contributed by atoms with Gasteiger partial charge in [-0.2, -0.15) is 47.9 Å². The van der Waals surface area contributed by atoms with Crippen LogP contribution in [-0.2, 0) is 35.3 Å². The number of alkyl halides is 9. The van der Waals surface area contributed by atoms with Gasteiger partial charge in [0.1, 0.15) is 22.7 Å². The van der Waals surface area contributed by atoms with Gasteiger partial charge in [-0.3, -0.25) is 0 Å². The Morgan fingerprint density at radius 1 is 0.627 bits per heavy atom. The van der Waals surface area contributed by atoms with Crippen LogP contribution in [0, 0.1) is 13.8 Å². The van der Waals surface area contributed by atoms with Gasteiger partial charge in [-0.05, 0) is 84.1 Å². The maximum Gasteiger partial charge on any atom is 0.534 e. The summed E-state index contributed by atoms with van der Waals surface area (Å²) in [6.45, 7) is 3.31. The number of aryl methyl sites for hydroxylation is 2. The van der Waals surface area contributed by atoms with E-state index in [0.29, 0.717) is 16.9 Å². The van der Waals surface area contributed by atoms with E-state index in [2.05, 4.69) is 4.18 Å². The van der Waals surface area contributed by atoms with Crippen LogP contribution in [0.25, 0.3) is 33.1 Å². The van der Waals surface area contributed by atoms with Crippen LogP contribution in [0.15, 0.2) is 118 Å². The molecule has 0 radical (unpaired) electrons. The van der Waals surface area contributed by atoms with Gasteiger partial charge in [0.25, 0.3) is 0 Å². The van der Waals surface area contributed by atoms with Crippen LogP contribution in [-0.4, -0.2) is 25.0 Å². The number of benzene rings is 5. The summed E-state index contributed by atoms with van der Waals surface area (Å²) in [5, 5.41) is 10.1. The SMILES string of the molecule is Cc1c(Cc2cccc(C(F)(F)F)c2)oc2cccc(-c3cccc(C(=O)O)c3)c12.Cc1c(Cc2cccc(C(F)(F)F)c2)oc2cccc(OS(=O)(=O)C(F)(F)F)c12. The molecule has 0 atom stereocenters. The summed E-state index contributed by atoms with van der Waals surface area (Å²) in [5.41, 5.74) is -2.97. The smallest absolute Gasteiger partial charge is 0.478 e. The Kier molecular flexibility index (Phi) is 11.4. The first kappa shape index (κ1) is 42.4. The van der Waals surface area contributed by atoms with Crippen LogP contribution in [0.1, 0.15) is 55.3 Å². The van der Waals surface area contributed by atoms with Gasteiger partial charge >= 0.3 is 33.9 Å². The van der Waals surface area contributed by atoms with Crippen molar-refractivity contribution in [3.05, 3.63) is 160 Å². The molecule has 2 heterocycles. The van der Waals surface area contributed by atoms with Gasteiger partial charge in [0.15, 0.2) is 5.75 Å². The molecule has 0 unspecified atom stereocenters. The molecule has 7 nitrogen and oxygen atoms in total. The van der Waals surface area contributed by atoms with Crippen molar-refractivity contribution < 1.29 is 70.8 Å². The minimum atomic E-state index is -5.90. The summed E-state index contributed by atoms with van der Waals surface area (Å²) in [7, 11) is -5.90. The van der Waals surface area contributed by atoms with E-state index in [0.717, 1.165) is 52.4 Å². The number of carboxylic acid groups (broad SMARTS) is 1. The van der Waals surface area contributed by atoms with E-state index in [9.17, 15) is 57.8 Å². The summed E-state index contributed by atoms with van der Waals surface area (Å²) in [5.74, 6) is -0.861. The van der Waals surface area contributed by atoms with Crippen LogP contribution in [0.3, 0.4) is 0 Å². The van der Waals surface area contributed by atoms with Crippen molar-refractivity contribution in [2.75, 3.05) is 0 Å². The Balaban J connectivity index is 0.000000199. The molecule has 0 saturated heterocycles. The molecule has 7 rings (SSSR count). The molecular weight excluding hydrogens is 820 g/mol. The van der Waals surface area contributed by atoms with E-state index >= 15 is 0 Å². The highest BCUT2D eigenvalue weighted by Crippen LogP contribution is 2.39. The normalized spacial score (nSPS) is 12.4. The molecule has 1 N–H and O–H groups in total. The first-order valence-electron chi connectivity index (χ1n) is 17.2. The quantitative estimate of drug-likeness (QED) is 0.0922. The molecule has 0 saturated carbocycles. The lowest BCUT2D eigenvalue weighted by molar-refractivity contribution is -0.138. The molecule has 59 heavy (non-hydrogen) atoms. The number of carbonyl (C=O) groups is 1. The van der Waals surface area contributed by atoms with Crippen molar-refractivity contribution in [2.24, 2.45) is 0 Å². The largest absolute Gasteiger partial charge is 0.534 e. The highest BCUT2D eigenvalue weighted by molar-refractivity contribution is 7.88. The number of hydrogen-bond donors (Lipinski definition) is 1. The van der Waals surface area contributed by atoms with Crippen LogP contribution in [0.2, 0.25) is 0 Å². The molecule has 0 aliphatic carbocycles. The fourth-order valence-corrected chi connectivity index (χ4v) is 6.85. The van der Waals surface area contributed by atoms with E-state index in [1.807, 2.05) is 25.1 Å². The third-order valence-corrected chi connectivity index (χ3v) is 10.2. The van der Waals surface area contributed by atoms with Crippen molar-refractivity contribution >= 4 is 38.0 Å². The lowest BCUT2D eigenvalue weighted by Gasteiger charge is -2.10. The maximum absolute atomic E-state index is 13.0. The summed E-state index contributed by atoms with van der Waals surface area (Å²) in [6, 6.07) is 25.4. The predicted molar refractivity (Wildman–Crippen MR) is 198 cm³/mol. The molecule has 0 spiro atoms. The predicted octanol–water partition coefficient (Wildman–Crippen LogP) is 12.3. The molecule has 0 fully saturated rings. The fraction of sp³-hybridized carbons (Fsp3) is 0.167. The standard InChI is InChI=1S/C24H17F3O3.C18H12F6O4S/c1-14-21(12-15-5-2-8-18(11-15)24(25,26)27)30-20-10-4-9-19(22(14)20)16-6-3-7-17(13-16)23(28)29;1-10-15(9-11-4-2-5-12(8-11)17(19,20)21)27-13-6-3-7-14(16(10)13)28-29(25,26)18(22,23)24/h2-11,13H,12H2,1H3,(H,28,29);2-8H,9H2,1H3. The molecule has 0 aliphatic rings. The number of carboxylic acids is 1. The van der Waals surface area contributed by atoms with E-state index in [1.54, 1.807) is 24.3 Å². The Hall–Kier alpha value is -6.23. The number of aromatic carboxylic acids is 1. The minimum absolute atomic E-state index is 0.0118. The van der Waals surface area contributed by atoms with E-state index in [4.69, 9.17) is 8.83 Å². The molecular formula is C42H29F9O7S. The Labute approximate surface area is 329 Å². The monoisotopic (exact) mass is 848 g/mol. The molecule has 5 aromatic carbocycles. The second-order valence-electron chi connectivity index (χ2n) is 13.2. The third kappa shape index (κ3) is 9.25. The summed E-state index contributed by atoms with van der Waals surface area (Å²) in [4.78, 5) is 11.3. The zero-order valence-electron chi connectivity index (χ0n) is 30.5. The molecule has 2 aromatic heterocycles. The first-order valence-corrected chi connectivity index (χ1v) is 18.6. The number of fused-ring (bicyclic) bond motifs is 2. The van der Waals surface area contributed by atoms with Crippen LogP contribution in [0.4, 0.5) is 39.5 Å². The highest BCUT2D eigenvalue weighted by atomic mass is 32.2. The van der Waals surface area contributed by atoms with Crippen molar-refractivity contribution in [1.29, 1.82) is 0 Å². The average molecular weight is 849 g/mol. The molecule has 0 bridgehead atoms. The fourth-order valence-electron chi connectivity index (χ4n) is 6.38. The van der Waals surface area contributed by atoms with Crippen molar-refractivity contribution in [3.8, 4) is 16.9 Å². The van der Waals surface area contributed by atoms with Gasteiger partial charge in [-0.15, -0.1) is 0 Å². The second-order valence-corrected chi connectivity index (χ2v) is 14.8. The maximum atomic E-state index is 13.0. The van der Waals surface area contributed by atoms with Crippen molar-refractivity contribution in [2.45, 2.75) is 44.6 Å². The topological polar surface area (TPSA) is 107 Å². The molecule has 308 valence electrons. The Bertz CT molecular complexity index is 2800. The lowest BCUT2D eigenvalue weighted by atomic mass is 9.96. The molecule has 0 aliphatic heterocycles. The lowest BCUT2D eigenvalue weighted by Crippen LogP contribution is -2.28. The van der Waals surface area contributed by atoms with Crippen LogP contribution >= 0.6 is 0 Å². The van der Waals surface area contributed by atoms with Crippen LogP contribution in [0.5, 0.6) is 5.75 Å². The average Bonchev–Trinajstić information content (AvgIpc) is 3.65. The first-order chi connectivity index (χ1) is 27.5. The van der Waals surface area contributed by atoms with Gasteiger partial charge in [-0.25, -0.2) is 4.79 Å². The van der Waals surface area contributed by atoms with Gasteiger partial charge in [0.2, 0.25) is 0 Å². The van der Waals surface area contributed by atoms with Gasteiger partial charge in [0.05, 0.1) is 22.1 Å². The van der Waals surface area contributed by atoms with Gasteiger partial charge in [0, 0.05) is 23.8 Å². The third-order valence-electron chi connectivity index (χ3n) is 9.21. The number of hydrogen-bond acceptors (Lipinski definition) is 6. The Morgan fingerprint density at radius 2 is 1.10 bits per heavy atom. The number of rotatable bonds is 8. The van der Waals surface area contributed by atoms with E-state index < -0.39 is 50.8 Å². The molecule has 7 aromatic rings. The van der Waals surface area contributed by atoms with Gasteiger partial charge in [-0.1, -0.05) is 66.7 Å². The Morgan fingerprint density at radius 3 is 1.61 bits per heavy atom. The number of halogens is 9. The summed E-state index contributed by atoms with van der Waals surface area (Å²) >= 11 is 0. The van der Waals surface area contributed by atoms with Crippen LogP contribution < -0.4 is 4.18 Å². The minimum Gasteiger partial charge on any atom is -0.478 e.